The minimum atomic E-state index is -3.86. The highest BCUT2D eigenvalue weighted by molar-refractivity contribution is 7.89. The van der Waals surface area contributed by atoms with Crippen LogP contribution in [-0.2, 0) is 24.8 Å². The van der Waals surface area contributed by atoms with Crippen molar-refractivity contribution in [2.75, 3.05) is 19.6 Å². The van der Waals surface area contributed by atoms with E-state index in [2.05, 4.69) is 4.72 Å². The summed E-state index contributed by atoms with van der Waals surface area (Å²) in [5.41, 5.74) is 0. The first-order chi connectivity index (χ1) is 11.2. The summed E-state index contributed by atoms with van der Waals surface area (Å²) in [6.45, 7) is 0.712. The SMILES string of the molecule is O=C(O)CCNS(=O)(=O)c1ccc(S(=O)(=O)N2CCCCC2)cc1. The zero-order chi connectivity index (χ0) is 17.8. The molecule has 1 fully saturated rings. The molecular weight excluding hydrogens is 356 g/mol. The average Bonchev–Trinajstić information content (AvgIpc) is 2.55. The predicted octanol–water partition coefficient (Wildman–Crippen LogP) is 0.614. The van der Waals surface area contributed by atoms with Crippen molar-refractivity contribution >= 4 is 26.0 Å². The number of nitrogens with zero attached hydrogens (tertiary/aromatic N) is 1. The Morgan fingerprint density at radius 2 is 1.54 bits per heavy atom. The molecule has 8 nitrogen and oxygen atoms in total. The van der Waals surface area contributed by atoms with E-state index in [1.165, 1.54) is 28.6 Å². The van der Waals surface area contributed by atoms with E-state index >= 15 is 0 Å². The van der Waals surface area contributed by atoms with Gasteiger partial charge in [-0.05, 0) is 37.1 Å². The monoisotopic (exact) mass is 376 g/mol. The molecule has 0 atom stereocenters. The van der Waals surface area contributed by atoms with Gasteiger partial charge in [0.05, 0.1) is 16.2 Å². The fourth-order valence-corrected chi connectivity index (χ4v) is 4.97. The molecule has 24 heavy (non-hydrogen) atoms. The third-order valence-electron chi connectivity index (χ3n) is 3.72. The van der Waals surface area contributed by atoms with Crippen LogP contribution >= 0.6 is 0 Å². The Bertz CT molecular complexity index is 781. The largest absolute Gasteiger partial charge is 0.481 e. The first-order valence-electron chi connectivity index (χ1n) is 7.55. The Kier molecular flexibility index (Phi) is 5.97. The van der Waals surface area contributed by atoms with Crippen LogP contribution in [0.1, 0.15) is 25.7 Å². The zero-order valence-corrected chi connectivity index (χ0v) is 14.6. The summed E-state index contributed by atoms with van der Waals surface area (Å²) in [7, 11) is -7.48. The molecule has 0 radical (unpaired) electrons. The molecule has 1 saturated heterocycles. The lowest BCUT2D eigenvalue weighted by atomic mass is 10.2. The molecule has 0 aromatic heterocycles. The van der Waals surface area contributed by atoms with Gasteiger partial charge in [-0.2, -0.15) is 4.31 Å². The highest BCUT2D eigenvalue weighted by atomic mass is 32.2. The van der Waals surface area contributed by atoms with E-state index in [-0.39, 0.29) is 22.8 Å². The van der Waals surface area contributed by atoms with Gasteiger partial charge in [0.2, 0.25) is 20.0 Å². The van der Waals surface area contributed by atoms with Gasteiger partial charge in [0.15, 0.2) is 0 Å². The van der Waals surface area contributed by atoms with Crippen LogP contribution in [-0.4, -0.2) is 51.9 Å². The van der Waals surface area contributed by atoms with Crippen LogP contribution in [0.3, 0.4) is 0 Å². The second-order valence-electron chi connectivity index (χ2n) is 5.48. The number of hydrogen-bond donors (Lipinski definition) is 2. The number of hydrogen-bond acceptors (Lipinski definition) is 5. The van der Waals surface area contributed by atoms with Crippen molar-refractivity contribution in [3.8, 4) is 0 Å². The van der Waals surface area contributed by atoms with E-state index in [0.29, 0.717) is 13.1 Å². The predicted molar refractivity (Wildman–Crippen MR) is 86.5 cm³/mol. The van der Waals surface area contributed by atoms with Gasteiger partial charge in [0.25, 0.3) is 0 Å². The number of rotatable bonds is 7. The van der Waals surface area contributed by atoms with Crippen LogP contribution in [0.4, 0.5) is 0 Å². The minimum absolute atomic E-state index is 0.0499. The molecule has 10 heteroatoms. The average molecular weight is 376 g/mol. The van der Waals surface area contributed by atoms with E-state index in [1.54, 1.807) is 0 Å². The minimum Gasteiger partial charge on any atom is -0.481 e. The van der Waals surface area contributed by atoms with Gasteiger partial charge in [0, 0.05) is 19.6 Å². The first kappa shape index (κ1) is 18.8. The molecule has 2 N–H and O–H groups in total. The lowest BCUT2D eigenvalue weighted by molar-refractivity contribution is -0.136. The third-order valence-corrected chi connectivity index (χ3v) is 7.11. The number of aliphatic carboxylic acids is 1. The van der Waals surface area contributed by atoms with Crippen LogP contribution in [0.15, 0.2) is 34.1 Å². The summed E-state index contributed by atoms with van der Waals surface area (Å²) < 4.78 is 52.6. The molecule has 1 aromatic carbocycles. The molecule has 0 saturated carbocycles. The summed E-state index contributed by atoms with van der Waals surface area (Å²) in [4.78, 5) is 10.4. The Balaban J connectivity index is 2.13. The molecule has 0 amide bonds. The van der Waals surface area contributed by atoms with E-state index in [0.717, 1.165) is 19.3 Å². The van der Waals surface area contributed by atoms with Gasteiger partial charge in [0.1, 0.15) is 0 Å². The normalized spacial score (nSPS) is 16.8. The number of piperidine rings is 1. The molecule has 2 rings (SSSR count). The summed E-state index contributed by atoms with van der Waals surface area (Å²) in [5, 5.41) is 8.52. The molecule has 1 aliphatic rings. The van der Waals surface area contributed by atoms with Gasteiger partial charge in [-0.15, -0.1) is 0 Å². The first-order valence-corrected chi connectivity index (χ1v) is 10.5. The molecule has 1 heterocycles. The van der Waals surface area contributed by atoms with Crippen LogP contribution in [0.25, 0.3) is 0 Å². The molecular formula is C14H20N2O6S2. The summed E-state index contributed by atoms with van der Waals surface area (Å²) >= 11 is 0. The van der Waals surface area contributed by atoms with Crippen molar-refractivity contribution in [3.05, 3.63) is 24.3 Å². The molecule has 0 spiro atoms. The standard InChI is InChI=1S/C14H20N2O6S2/c17-14(18)8-9-15-23(19,20)12-4-6-13(7-5-12)24(21,22)16-10-2-1-3-11-16/h4-7,15H,1-3,8-11H2,(H,17,18). The number of carboxylic acids is 1. The van der Waals surface area contributed by atoms with Crippen LogP contribution in [0.5, 0.6) is 0 Å². The molecule has 1 aromatic rings. The van der Waals surface area contributed by atoms with E-state index < -0.39 is 26.0 Å². The van der Waals surface area contributed by atoms with Gasteiger partial charge in [-0.25, -0.2) is 21.6 Å². The smallest absolute Gasteiger partial charge is 0.304 e. The van der Waals surface area contributed by atoms with Crippen molar-refractivity contribution in [2.24, 2.45) is 0 Å². The van der Waals surface area contributed by atoms with Gasteiger partial charge >= 0.3 is 5.97 Å². The van der Waals surface area contributed by atoms with E-state index in [1.807, 2.05) is 0 Å². The van der Waals surface area contributed by atoms with Crippen LogP contribution < -0.4 is 4.72 Å². The number of nitrogens with one attached hydrogen (secondary N) is 1. The molecule has 0 bridgehead atoms. The second kappa shape index (κ2) is 7.60. The topological polar surface area (TPSA) is 121 Å². The number of sulfonamides is 2. The summed E-state index contributed by atoms with van der Waals surface area (Å²) in [5.74, 6) is -1.11. The summed E-state index contributed by atoms with van der Waals surface area (Å²) in [6, 6.07) is 4.94. The highest BCUT2D eigenvalue weighted by Crippen LogP contribution is 2.21. The van der Waals surface area contributed by atoms with Crippen molar-refractivity contribution in [2.45, 2.75) is 35.5 Å². The van der Waals surface area contributed by atoms with E-state index in [9.17, 15) is 21.6 Å². The lowest BCUT2D eigenvalue weighted by Gasteiger charge is -2.25. The zero-order valence-electron chi connectivity index (χ0n) is 13.0. The van der Waals surface area contributed by atoms with Crippen molar-refractivity contribution < 1.29 is 26.7 Å². The molecule has 0 aliphatic carbocycles. The second-order valence-corrected chi connectivity index (χ2v) is 9.18. The molecule has 1 aliphatic heterocycles. The van der Waals surface area contributed by atoms with Crippen molar-refractivity contribution in [1.82, 2.24) is 9.03 Å². The molecule has 0 unspecified atom stereocenters. The maximum Gasteiger partial charge on any atom is 0.304 e. The Morgan fingerprint density at radius 1 is 1.00 bits per heavy atom. The summed E-state index contributed by atoms with van der Waals surface area (Å²) in [6.07, 6.45) is 2.31. The Labute approximate surface area is 141 Å². The number of carboxylic acid groups (broad SMARTS) is 1. The van der Waals surface area contributed by atoms with Crippen LogP contribution in [0.2, 0.25) is 0 Å². The quantitative estimate of drug-likeness (QED) is 0.719. The lowest BCUT2D eigenvalue weighted by Crippen LogP contribution is -2.35. The van der Waals surface area contributed by atoms with Crippen LogP contribution in [0, 0.1) is 0 Å². The van der Waals surface area contributed by atoms with Gasteiger partial charge in [-0.1, -0.05) is 6.42 Å². The van der Waals surface area contributed by atoms with Gasteiger partial charge < -0.3 is 5.11 Å². The van der Waals surface area contributed by atoms with Gasteiger partial charge in [-0.3, -0.25) is 4.79 Å². The Morgan fingerprint density at radius 3 is 2.08 bits per heavy atom. The van der Waals surface area contributed by atoms with Crippen molar-refractivity contribution in [3.63, 3.8) is 0 Å². The Hall–Kier alpha value is -1.49. The molecule has 134 valence electrons. The third kappa shape index (κ3) is 4.53. The highest BCUT2D eigenvalue weighted by Gasteiger charge is 2.26. The van der Waals surface area contributed by atoms with E-state index in [4.69, 9.17) is 5.11 Å². The fourth-order valence-electron chi connectivity index (χ4n) is 2.42. The van der Waals surface area contributed by atoms with Crippen molar-refractivity contribution in [1.29, 1.82) is 0 Å². The maximum absolute atomic E-state index is 12.5. The fraction of sp³-hybridized carbons (Fsp3) is 0.500. The number of benzene rings is 1. The number of carbonyl (C=O) groups is 1. The maximum atomic E-state index is 12.5.